The molecule has 0 saturated carbocycles. The van der Waals surface area contributed by atoms with E-state index in [-0.39, 0.29) is 12.5 Å². The molecule has 3 rings (SSSR count). The maximum absolute atomic E-state index is 11.9. The fourth-order valence-electron chi connectivity index (χ4n) is 3.00. The summed E-state index contributed by atoms with van der Waals surface area (Å²) in [6.07, 6.45) is 1.61. The zero-order chi connectivity index (χ0) is 20.8. The normalized spacial score (nSPS) is 10.9. The summed E-state index contributed by atoms with van der Waals surface area (Å²) in [6, 6.07) is 16.6. The van der Waals surface area contributed by atoms with Gasteiger partial charge < -0.3 is 14.0 Å². The minimum Gasteiger partial charge on any atom is -0.495 e. The van der Waals surface area contributed by atoms with Crippen molar-refractivity contribution in [3.8, 4) is 17.2 Å². The summed E-state index contributed by atoms with van der Waals surface area (Å²) < 4.78 is 12.9. The van der Waals surface area contributed by atoms with Crippen LogP contribution in [0, 0.1) is 13.8 Å². The third-order valence-electron chi connectivity index (χ3n) is 4.36. The number of rotatable bonds is 7. The molecular weight excluding hydrogens is 390 g/mol. The molecule has 0 fully saturated rings. The molecular formula is C22H22ClN3O3. The van der Waals surface area contributed by atoms with Crippen LogP contribution in [-0.4, -0.2) is 30.4 Å². The molecule has 0 radical (unpaired) electrons. The van der Waals surface area contributed by atoms with Gasteiger partial charge in [0.05, 0.1) is 19.0 Å². The Morgan fingerprint density at radius 1 is 1.17 bits per heavy atom. The van der Waals surface area contributed by atoms with Crippen molar-refractivity contribution in [1.82, 2.24) is 9.99 Å². The number of nitrogens with one attached hydrogen (secondary N) is 1. The molecule has 1 N–H and O–H groups in total. The zero-order valence-electron chi connectivity index (χ0n) is 16.5. The summed E-state index contributed by atoms with van der Waals surface area (Å²) in [5, 5.41) is 4.67. The highest BCUT2D eigenvalue weighted by molar-refractivity contribution is 6.30. The first-order valence-corrected chi connectivity index (χ1v) is 9.40. The second kappa shape index (κ2) is 9.30. The van der Waals surface area contributed by atoms with E-state index in [1.54, 1.807) is 31.5 Å². The summed E-state index contributed by atoms with van der Waals surface area (Å²) >= 11 is 6.17. The lowest BCUT2D eigenvalue weighted by molar-refractivity contribution is -0.123. The van der Waals surface area contributed by atoms with Gasteiger partial charge in [-0.25, -0.2) is 5.43 Å². The van der Waals surface area contributed by atoms with Gasteiger partial charge in [0.25, 0.3) is 5.91 Å². The van der Waals surface area contributed by atoms with Gasteiger partial charge in [0.1, 0.15) is 11.5 Å². The average molecular weight is 412 g/mol. The predicted octanol–water partition coefficient (Wildman–Crippen LogP) is 4.29. The third-order valence-corrected chi connectivity index (χ3v) is 4.59. The van der Waals surface area contributed by atoms with Crippen LogP contribution in [0.5, 0.6) is 11.5 Å². The largest absolute Gasteiger partial charge is 0.495 e. The van der Waals surface area contributed by atoms with Crippen LogP contribution in [-0.2, 0) is 4.79 Å². The van der Waals surface area contributed by atoms with Crippen molar-refractivity contribution in [3.05, 3.63) is 76.6 Å². The number of ether oxygens (including phenoxy) is 2. The second-order valence-electron chi connectivity index (χ2n) is 6.37. The molecule has 0 bridgehead atoms. The first kappa shape index (κ1) is 20.5. The number of carbonyl (C=O) groups is 1. The summed E-state index contributed by atoms with van der Waals surface area (Å²) in [7, 11) is 1.62. The van der Waals surface area contributed by atoms with E-state index in [2.05, 4.69) is 10.5 Å². The number of aryl methyl sites for hydroxylation is 1. The van der Waals surface area contributed by atoms with Crippen molar-refractivity contribution in [2.24, 2.45) is 5.10 Å². The van der Waals surface area contributed by atoms with Crippen molar-refractivity contribution in [2.45, 2.75) is 13.8 Å². The number of hydrogen-bond acceptors (Lipinski definition) is 4. The van der Waals surface area contributed by atoms with E-state index in [0.717, 1.165) is 22.6 Å². The molecule has 7 heteroatoms. The van der Waals surface area contributed by atoms with Gasteiger partial charge in [-0.3, -0.25) is 4.79 Å². The van der Waals surface area contributed by atoms with Gasteiger partial charge in [-0.05, 0) is 50.2 Å². The van der Waals surface area contributed by atoms with Gasteiger partial charge in [0.15, 0.2) is 6.61 Å². The molecule has 0 saturated heterocycles. The van der Waals surface area contributed by atoms with Gasteiger partial charge in [-0.1, -0.05) is 29.8 Å². The van der Waals surface area contributed by atoms with Crippen molar-refractivity contribution in [2.75, 3.05) is 13.7 Å². The Morgan fingerprint density at radius 2 is 1.93 bits per heavy atom. The number of benzene rings is 2. The Kier molecular flexibility index (Phi) is 6.57. The molecule has 0 spiro atoms. The molecule has 1 amide bonds. The van der Waals surface area contributed by atoms with E-state index >= 15 is 0 Å². The number of para-hydroxylation sites is 1. The Balaban J connectivity index is 1.70. The van der Waals surface area contributed by atoms with E-state index < -0.39 is 0 Å². The minimum atomic E-state index is -0.338. The van der Waals surface area contributed by atoms with Gasteiger partial charge >= 0.3 is 0 Å². The highest BCUT2D eigenvalue weighted by Gasteiger charge is 2.14. The molecule has 6 nitrogen and oxygen atoms in total. The van der Waals surface area contributed by atoms with Gasteiger partial charge in [0, 0.05) is 22.0 Å². The fourth-order valence-corrected chi connectivity index (χ4v) is 3.16. The van der Waals surface area contributed by atoms with Gasteiger partial charge in [-0.15, -0.1) is 0 Å². The molecule has 1 heterocycles. The van der Waals surface area contributed by atoms with Crippen LogP contribution in [0.15, 0.2) is 59.7 Å². The first-order valence-electron chi connectivity index (χ1n) is 9.02. The number of nitrogens with zero attached hydrogens (tertiary/aromatic N) is 2. The molecule has 1 aromatic heterocycles. The molecule has 0 aliphatic carbocycles. The topological polar surface area (TPSA) is 64.8 Å². The first-order chi connectivity index (χ1) is 14.0. The molecule has 2 aromatic carbocycles. The fraction of sp³-hybridized carbons (Fsp3) is 0.182. The minimum absolute atomic E-state index is 0.111. The Hall–Kier alpha value is -3.25. The van der Waals surface area contributed by atoms with E-state index in [4.69, 9.17) is 21.1 Å². The average Bonchev–Trinajstić information content (AvgIpc) is 3.00. The molecule has 0 unspecified atom stereocenters. The standard InChI is InChI=1S/C22H22ClN3O3/c1-15-11-17(13-24-25-22(27)14-29-19-7-5-4-6-8-19)16(2)26(15)20-12-18(23)9-10-21(20)28-3/h4-13H,14H2,1-3H3,(H,25,27)/b24-13-. The monoisotopic (exact) mass is 411 g/mol. The lowest BCUT2D eigenvalue weighted by atomic mass is 10.2. The second-order valence-corrected chi connectivity index (χ2v) is 6.81. The van der Waals surface area contributed by atoms with Gasteiger partial charge in [0.2, 0.25) is 0 Å². The van der Waals surface area contributed by atoms with Crippen LogP contribution >= 0.6 is 11.6 Å². The number of carbonyl (C=O) groups excluding carboxylic acids is 1. The smallest absolute Gasteiger partial charge is 0.277 e. The number of hydrogen-bond donors (Lipinski definition) is 1. The van der Waals surface area contributed by atoms with Crippen molar-refractivity contribution in [3.63, 3.8) is 0 Å². The van der Waals surface area contributed by atoms with E-state index in [1.165, 1.54) is 0 Å². The number of methoxy groups -OCH3 is 1. The summed E-state index contributed by atoms with van der Waals surface area (Å²) in [5.74, 6) is 1.01. The van der Waals surface area contributed by atoms with Crippen LogP contribution in [0.4, 0.5) is 0 Å². The van der Waals surface area contributed by atoms with E-state index in [9.17, 15) is 4.79 Å². The highest BCUT2D eigenvalue weighted by atomic mass is 35.5. The zero-order valence-corrected chi connectivity index (χ0v) is 17.2. The maximum Gasteiger partial charge on any atom is 0.277 e. The summed E-state index contributed by atoms with van der Waals surface area (Å²) in [6.45, 7) is 3.84. The Bertz CT molecular complexity index is 1030. The van der Waals surface area contributed by atoms with Gasteiger partial charge in [-0.2, -0.15) is 5.10 Å². The number of halogens is 1. The van der Waals surface area contributed by atoms with Crippen LogP contribution in [0.2, 0.25) is 5.02 Å². The number of hydrazone groups is 1. The molecule has 0 aliphatic heterocycles. The SMILES string of the molecule is COc1ccc(Cl)cc1-n1c(C)cc(/C=N\NC(=O)COc2ccccc2)c1C. The van der Waals surface area contributed by atoms with Crippen molar-refractivity contribution in [1.29, 1.82) is 0 Å². The molecule has 0 atom stereocenters. The summed E-state index contributed by atoms with van der Waals surface area (Å²) in [5.41, 5.74) is 6.13. The lowest BCUT2D eigenvalue weighted by Crippen LogP contribution is -2.24. The molecule has 0 aliphatic rings. The van der Waals surface area contributed by atoms with E-state index in [1.807, 2.05) is 54.8 Å². The van der Waals surface area contributed by atoms with Crippen LogP contribution in [0.25, 0.3) is 5.69 Å². The quantitative estimate of drug-likeness (QED) is 0.466. The third kappa shape index (κ3) is 4.97. The molecule has 3 aromatic rings. The summed E-state index contributed by atoms with van der Waals surface area (Å²) in [4.78, 5) is 11.9. The highest BCUT2D eigenvalue weighted by Crippen LogP contribution is 2.30. The maximum atomic E-state index is 11.9. The van der Waals surface area contributed by atoms with Crippen molar-refractivity contribution >= 4 is 23.7 Å². The van der Waals surface area contributed by atoms with Crippen LogP contribution in [0.3, 0.4) is 0 Å². The molecule has 150 valence electrons. The number of aromatic nitrogens is 1. The molecule has 29 heavy (non-hydrogen) atoms. The van der Waals surface area contributed by atoms with Crippen LogP contribution < -0.4 is 14.9 Å². The predicted molar refractivity (Wildman–Crippen MR) is 114 cm³/mol. The Labute approximate surface area is 174 Å². The van der Waals surface area contributed by atoms with E-state index in [0.29, 0.717) is 16.5 Å². The van der Waals surface area contributed by atoms with Crippen molar-refractivity contribution < 1.29 is 14.3 Å². The lowest BCUT2D eigenvalue weighted by Gasteiger charge is -2.14. The number of amides is 1. The Morgan fingerprint density at radius 3 is 2.66 bits per heavy atom. The van der Waals surface area contributed by atoms with Crippen LogP contribution in [0.1, 0.15) is 17.0 Å².